The molecule has 0 spiro atoms. The number of nitrogens with two attached hydrogens (primary N) is 1. The fourth-order valence-corrected chi connectivity index (χ4v) is 1.17. The first kappa shape index (κ1) is 8.87. The number of hydrogen-bond acceptors (Lipinski definition) is 3. The lowest BCUT2D eigenvalue weighted by atomic mass is 10.3. The molecule has 0 saturated carbocycles. The Labute approximate surface area is 54.8 Å². The largest absolute Gasteiger partial charge is 0.327 e. The molecule has 0 aromatic rings. The lowest BCUT2D eigenvalue weighted by Crippen LogP contribution is -2.28. The molecule has 0 aliphatic heterocycles. The van der Waals surface area contributed by atoms with E-state index in [0.717, 1.165) is 0 Å². The highest BCUT2D eigenvalue weighted by atomic mass is 32.2. The Morgan fingerprint density at radius 3 is 2.22 bits per heavy atom. The molecule has 9 heavy (non-hydrogen) atoms. The summed E-state index contributed by atoms with van der Waals surface area (Å²) in [6.45, 7) is 1.76. The summed E-state index contributed by atoms with van der Waals surface area (Å²) in [6, 6.07) is -0.444. The molecule has 0 rings (SSSR count). The van der Waals surface area contributed by atoms with Crippen molar-refractivity contribution in [3.8, 4) is 0 Å². The van der Waals surface area contributed by atoms with Crippen LogP contribution in [0.2, 0.25) is 0 Å². The van der Waals surface area contributed by atoms with Gasteiger partial charge in [0.2, 0.25) is 0 Å². The van der Waals surface area contributed by atoms with Gasteiger partial charge in [-0.05, 0) is 6.42 Å². The van der Waals surface area contributed by atoms with Crippen molar-refractivity contribution in [1.29, 1.82) is 0 Å². The normalized spacial score (nSPS) is 15.4. The molecule has 0 aromatic carbocycles. The Morgan fingerprint density at radius 1 is 1.67 bits per heavy atom. The van der Waals surface area contributed by atoms with Gasteiger partial charge < -0.3 is 5.73 Å². The minimum absolute atomic E-state index is 0.344. The van der Waals surface area contributed by atoms with E-state index in [-0.39, 0.29) is 5.75 Å². The highest BCUT2D eigenvalue weighted by Gasteiger charge is 2.09. The zero-order valence-electron chi connectivity index (χ0n) is 5.24. The summed E-state index contributed by atoms with van der Waals surface area (Å²) in [4.78, 5) is 0. The van der Waals surface area contributed by atoms with Crippen LogP contribution in [0.1, 0.15) is 13.3 Å². The Balaban J connectivity index is 3.75. The summed E-state index contributed by atoms with van der Waals surface area (Å²) in [5.41, 5.74) is 5.22. The summed E-state index contributed by atoms with van der Waals surface area (Å²) in [5, 5.41) is 0. The summed E-state index contributed by atoms with van der Waals surface area (Å²) in [7, 11) is -3.86. The first-order valence-electron chi connectivity index (χ1n) is 2.66. The van der Waals surface area contributed by atoms with Gasteiger partial charge in [0.1, 0.15) is 0 Å². The van der Waals surface area contributed by atoms with Crippen LogP contribution in [0.4, 0.5) is 0 Å². The summed E-state index contributed by atoms with van der Waals surface area (Å²) in [6.07, 6.45) is 0.555. The molecule has 0 aromatic heterocycles. The smallest absolute Gasteiger partial charge is 0.266 e. The molecule has 0 saturated heterocycles. The topological polar surface area (TPSA) is 80.4 Å². The van der Waals surface area contributed by atoms with Crippen molar-refractivity contribution >= 4 is 10.1 Å². The molecule has 56 valence electrons. The van der Waals surface area contributed by atoms with Gasteiger partial charge in [0.25, 0.3) is 10.1 Å². The molecule has 4 nitrogen and oxygen atoms in total. The van der Waals surface area contributed by atoms with Crippen LogP contribution >= 0.6 is 0 Å². The van der Waals surface area contributed by atoms with E-state index in [1.165, 1.54) is 0 Å². The third-order valence-electron chi connectivity index (χ3n) is 0.949. The molecule has 0 radical (unpaired) electrons. The minimum Gasteiger partial charge on any atom is -0.327 e. The SMILES string of the molecule is CC[C@H](N)CS(=O)(=O)O. The van der Waals surface area contributed by atoms with Gasteiger partial charge in [0, 0.05) is 6.04 Å². The van der Waals surface area contributed by atoms with Crippen LogP contribution in [0.25, 0.3) is 0 Å². The number of hydrogen-bond donors (Lipinski definition) is 2. The van der Waals surface area contributed by atoms with Gasteiger partial charge in [-0.15, -0.1) is 0 Å². The second-order valence-corrected chi connectivity index (χ2v) is 3.41. The van der Waals surface area contributed by atoms with Crippen molar-refractivity contribution < 1.29 is 13.0 Å². The van der Waals surface area contributed by atoms with E-state index in [1.807, 2.05) is 0 Å². The van der Waals surface area contributed by atoms with Crippen LogP contribution in [0.3, 0.4) is 0 Å². The minimum atomic E-state index is -3.86. The molecule has 5 heteroatoms. The predicted octanol–water partition coefficient (Wildman–Crippen LogP) is -0.388. The highest BCUT2D eigenvalue weighted by molar-refractivity contribution is 7.85. The summed E-state index contributed by atoms with van der Waals surface area (Å²) < 4.78 is 28.4. The molecule has 0 heterocycles. The molecule has 1 atom stereocenters. The van der Waals surface area contributed by atoms with Crippen LogP contribution in [0, 0.1) is 0 Å². The molecule has 3 N–H and O–H groups in total. The Morgan fingerprint density at radius 2 is 2.11 bits per heavy atom. The second kappa shape index (κ2) is 3.14. The van der Waals surface area contributed by atoms with E-state index in [0.29, 0.717) is 6.42 Å². The molecule has 0 amide bonds. The zero-order chi connectivity index (χ0) is 7.49. The van der Waals surface area contributed by atoms with E-state index in [1.54, 1.807) is 6.92 Å². The second-order valence-electron chi connectivity index (χ2n) is 1.92. The van der Waals surface area contributed by atoms with E-state index in [9.17, 15) is 8.42 Å². The monoisotopic (exact) mass is 153 g/mol. The molecule has 0 bridgehead atoms. The standard InChI is InChI=1S/C4H11NO3S/c1-2-4(5)3-9(6,7)8/h4H,2-3,5H2,1H3,(H,6,7,8)/t4-/m0/s1. The molecule has 0 fully saturated rings. The Hall–Kier alpha value is -0.130. The summed E-state index contributed by atoms with van der Waals surface area (Å²) >= 11 is 0. The third-order valence-corrected chi connectivity index (χ3v) is 1.80. The van der Waals surface area contributed by atoms with Crippen LogP contribution in [0.15, 0.2) is 0 Å². The zero-order valence-corrected chi connectivity index (χ0v) is 6.06. The van der Waals surface area contributed by atoms with Crippen molar-refractivity contribution in [3.63, 3.8) is 0 Å². The van der Waals surface area contributed by atoms with E-state index >= 15 is 0 Å². The summed E-state index contributed by atoms with van der Waals surface area (Å²) in [5.74, 6) is -0.344. The van der Waals surface area contributed by atoms with Crippen LogP contribution < -0.4 is 5.73 Å². The fourth-order valence-electron chi connectivity index (χ4n) is 0.388. The average molecular weight is 153 g/mol. The van der Waals surface area contributed by atoms with Gasteiger partial charge >= 0.3 is 0 Å². The van der Waals surface area contributed by atoms with E-state index in [4.69, 9.17) is 10.3 Å². The van der Waals surface area contributed by atoms with Gasteiger partial charge in [0.15, 0.2) is 0 Å². The van der Waals surface area contributed by atoms with Gasteiger partial charge in [-0.25, -0.2) is 0 Å². The van der Waals surface area contributed by atoms with Crippen LogP contribution in [-0.4, -0.2) is 24.8 Å². The van der Waals surface area contributed by atoms with Crippen molar-refractivity contribution in [3.05, 3.63) is 0 Å². The lowest BCUT2D eigenvalue weighted by Gasteiger charge is -2.03. The van der Waals surface area contributed by atoms with Gasteiger partial charge in [-0.2, -0.15) is 8.42 Å². The van der Waals surface area contributed by atoms with Gasteiger partial charge in [-0.1, -0.05) is 6.92 Å². The van der Waals surface area contributed by atoms with Gasteiger partial charge in [0.05, 0.1) is 5.75 Å². The maximum Gasteiger partial charge on any atom is 0.266 e. The molecular formula is C4H11NO3S. The van der Waals surface area contributed by atoms with Crippen LogP contribution in [0.5, 0.6) is 0 Å². The van der Waals surface area contributed by atoms with Crippen molar-refractivity contribution in [2.45, 2.75) is 19.4 Å². The first-order chi connectivity index (χ1) is 3.95. The van der Waals surface area contributed by atoms with Crippen LogP contribution in [-0.2, 0) is 10.1 Å². The highest BCUT2D eigenvalue weighted by Crippen LogP contribution is 1.90. The Kier molecular flexibility index (Phi) is 3.10. The molecule has 0 aliphatic rings. The Bertz CT molecular complexity index is 163. The lowest BCUT2D eigenvalue weighted by molar-refractivity contribution is 0.475. The third kappa shape index (κ3) is 5.75. The average Bonchev–Trinajstić information content (AvgIpc) is 1.62. The van der Waals surface area contributed by atoms with Crippen molar-refractivity contribution in [2.24, 2.45) is 5.73 Å². The maximum atomic E-state index is 10.1. The molecule has 0 unspecified atom stereocenters. The maximum absolute atomic E-state index is 10.1. The fraction of sp³-hybridized carbons (Fsp3) is 1.00. The molecule has 0 aliphatic carbocycles. The first-order valence-corrected chi connectivity index (χ1v) is 4.27. The van der Waals surface area contributed by atoms with E-state index < -0.39 is 16.2 Å². The quantitative estimate of drug-likeness (QED) is 0.541. The predicted molar refractivity (Wildman–Crippen MR) is 34.7 cm³/mol. The van der Waals surface area contributed by atoms with E-state index in [2.05, 4.69) is 0 Å². The van der Waals surface area contributed by atoms with Crippen molar-refractivity contribution in [1.82, 2.24) is 0 Å². The van der Waals surface area contributed by atoms with Crippen molar-refractivity contribution in [2.75, 3.05) is 5.75 Å². The van der Waals surface area contributed by atoms with Gasteiger partial charge in [-0.3, -0.25) is 4.55 Å². The molecular weight excluding hydrogens is 142 g/mol. The number of rotatable bonds is 3.